The molecule has 3 N–H and O–H groups in total. The summed E-state index contributed by atoms with van der Waals surface area (Å²) in [5.41, 5.74) is 5.24. The van der Waals surface area contributed by atoms with Crippen molar-refractivity contribution in [1.82, 2.24) is 5.32 Å². The summed E-state index contributed by atoms with van der Waals surface area (Å²) in [7, 11) is -0.918. The van der Waals surface area contributed by atoms with E-state index in [1.54, 1.807) is 6.26 Å². The molecule has 1 aliphatic heterocycles. The van der Waals surface area contributed by atoms with Gasteiger partial charge in [-0.05, 0) is 19.8 Å². The summed E-state index contributed by atoms with van der Waals surface area (Å²) in [5.74, 6) is -0.0272. The minimum Gasteiger partial charge on any atom is -0.381 e. The molecule has 0 aliphatic carbocycles. The van der Waals surface area contributed by atoms with Crippen LogP contribution in [0.1, 0.15) is 19.8 Å². The first-order valence-corrected chi connectivity index (χ1v) is 7.52. The summed E-state index contributed by atoms with van der Waals surface area (Å²) < 4.78 is 16.5. The first-order valence-electron chi connectivity index (χ1n) is 5.90. The molecule has 100 valence electrons. The van der Waals surface area contributed by atoms with E-state index < -0.39 is 16.2 Å². The maximum absolute atomic E-state index is 12.1. The molecule has 0 spiro atoms. The first-order chi connectivity index (χ1) is 8.02. The third-order valence-electron chi connectivity index (χ3n) is 3.44. The third-order valence-corrected chi connectivity index (χ3v) is 4.74. The minimum atomic E-state index is -0.918. The molecule has 6 heteroatoms. The van der Waals surface area contributed by atoms with E-state index in [4.69, 9.17) is 10.5 Å². The van der Waals surface area contributed by atoms with Gasteiger partial charge in [0, 0.05) is 48.6 Å². The molecule has 2 atom stereocenters. The van der Waals surface area contributed by atoms with E-state index in [1.807, 2.05) is 6.92 Å². The van der Waals surface area contributed by atoms with E-state index in [-0.39, 0.29) is 11.2 Å². The van der Waals surface area contributed by atoms with Crippen molar-refractivity contribution < 1.29 is 13.7 Å². The molecule has 5 nitrogen and oxygen atoms in total. The summed E-state index contributed by atoms with van der Waals surface area (Å²) in [6.07, 6.45) is 2.97. The van der Waals surface area contributed by atoms with Crippen LogP contribution in [0.15, 0.2) is 0 Å². The van der Waals surface area contributed by atoms with Crippen LogP contribution < -0.4 is 11.1 Å². The quantitative estimate of drug-likeness (QED) is 0.708. The van der Waals surface area contributed by atoms with Gasteiger partial charge >= 0.3 is 0 Å². The molecule has 0 aromatic heterocycles. The van der Waals surface area contributed by atoms with Crippen LogP contribution in [-0.4, -0.2) is 47.9 Å². The second kappa shape index (κ2) is 6.47. The van der Waals surface area contributed by atoms with Gasteiger partial charge in [0.2, 0.25) is 5.91 Å². The lowest BCUT2D eigenvalue weighted by Gasteiger charge is -2.34. The summed E-state index contributed by atoms with van der Waals surface area (Å²) in [4.78, 5) is 12.1. The van der Waals surface area contributed by atoms with E-state index in [1.165, 1.54) is 0 Å². The molecule has 17 heavy (non-hydrogen) atoms. The Labute approximate surface area is 105 Å². The average molecular weight is 262 g/mol. The van der Waals surface area contributed by atoms with Gasteiger partial charge in [0.1, 0.15) is 0 Å². The van der Waals surface area contributed by atoms with E-state index in [0.717, 1.165) is 0 Å². The topological polar surface area (TPSA) is 81.4 Å². The first kappa shape index (κ1) is 14.6. The van der Waals surface area contributed by atoms with Crippen LogP contribution in [0.25, 0.3) is 0 Å². The van der Waals surface area contributed by atoms with Gasteiger partial charge in [-0.2, -0.15) is 0 Å². The maximum atomic E-state index is 12.1. The van der Waals surface area contributed by atoms with Crippen LogP contribution in [0.2, 0.25) is 0 Å². The number of rotatable bonds is 5. The zero-order chi connectivity index (χ0) is 12.9. The monoisotopic (exact) mass is 262 g/mol. The standard InChI is InChI=1S/C11H22N2O3S/c1-9(17(2)15)7-13-10(14)11(8-12)3-5-16-6-4-11/h9H,3-8,12H2,1-2H3,(H,13,14). The lowest BCUT2D eigenvalue weighted by molar-refractivity contribution is -0.135. The molecule has 0 aromatic carbocycles. The lowest BCUT2D eigenvalue weighted by Crippen LogP contribution is -2.50. The lowest BCUT2D eigenvalue weighted by atomic mass is 9.79. The number of ether oxygens (including phenoxy) is 1. The van der Waals surface area contributed by atoms with Crippen molar-refractivity contribution in [2.45, 2.75) is 25.0 Å². The predicted molar refractivity (Wildman–Crippen MR) is 68.1 cm³/mol. The minimum absolute atomic E-state index is 0.0272. The normalized spacial score (nSPS) is 22.8. The SMILES string of the molecule is CC(CNC(=O)C1(CN)CCOCC1)S(C)=O. The molecular formula is C11H22N2O3S. The Morgan fingerprint density at radius 3 is 2.59 bits per heavy atom. The number of amides is 1. The highest BCUT2D eigenvalue weighted by Crippen LogP contribution is 2.29. The van der Waals surface area contributed by atoms with Crippen molar-refractivity contribution in [2.24, 2.45) is 11.1 Å². The van der Waals surface area contributed by atoms with Gasteiger partial charge in [-0.15, -0.1) is 0 Å². The van der Waals surface area contributed by atoms with Crippen molar-refractivity contribution in [3.63, 3.8) is 0 Å². The number of nitrogens with two attached hydrogens (primary N) is 1. The molecule has 2 unspecified atom stereocenters. The van der Waals surface area contributed by atoms with Crippen molar-refractivity contribution in [3.8, 4) is 0 Å². The van der Waals surface area contributed by atoms with Gasteiger partial charge in [0.25, 0.3) is 0 Å². The van der Waals surface area contributed by atoms with Crippen LogP contribution in [0.4, 0.5) is 0 Å². The van der Waals surface area contributed by atoms with Crippen molar-refractivity contribution in [1.29, 1.82) is 0 Å². The van der Waals surface area contributed by atoms with Crippen LogP contribution in [0.3, 0.4) is 0 Å². The highest BCUT2D eigenvalue weighted by molar-refractivity contribution is 7.84. The van der Waals surface area contributed by atoms with Crippen LogP contribution in [-0.2, 0) is 20.3 Å². The molecule has 1 rings (SSSR count). The molecule has 1 heterocycles. The van der Waals surface area contributed by atoms with Gasteiger partial charge in [0.05, 0.1) is 5.41 Å². The van der Waals surface area contributed by atoms with Crippen molar-refractivity contribution in [3.05, 3.63) is 0 Å². The molecule has 0 radical (unpaired) electrons. The fourth-order valence-electron chi connectivity index (χ4n) is 1.83. The Morgan fingerprint density at radius 2 is 2.12 bits per heavy atom. The number of carbonyl (C=O) groups is 1. The Bertz CT molecular complexity index is 290. The van der Waals surface area contributed by atoms with E-state index in [9.17, 15) is 9.00 Å². The molecular weight excluding hydrogens is 240 g/mol. The molecule has 0 aromatic rings. The van der Waals surface area contributed by atoms with Crippen molar-refractivity contribution >= 4 is 16.7 Å². The molecule has 1 amide bonds. The van der Waals surface area contributed by atoms with Crippen LogP contribution in [0, 0.1) is 5.41 Å². The number of nitrogens with one attached hydrogen (secondary N) is 1. The molecule has 1 saturated heterocycles. The van der Waals surface area contributed by atoms with Crippen LogP contribution >= 0.6 is 0 Å². The molecule has 1 aliphatic rings. The second-order valence-electron chi connectivity index (χ2n) is 4.62. The van der Waals surface area contributed by atoms with E-state index in [2.05, 4.69) is 5.32 Å². The zero-order valence-electron chi connectivity index (χ0n) is 10.5. The van der Waals surface area contributed by atoms with Gasteiger partial charge < -0.3 is 15.8 Å². The third kappa shape index (κ3) is 3.76. The summed E-state index contributed by atoms with van der Waals surface area (Å²) in [6.45, 7) is 3.80. The number of hydrogen-bond donors (Lipinski definition) is 2. The Hall–Kier alpha value is -0.460. The number of hydrogen-bond acceptors (Lipinski definition) is 4. The maximum Gasteiger partial charge on any atom is 0.227 e. The average Bonchev–Trinajstić information content (AvgIpc) is 2.36. The predicted octanol–water partition coefficient (Wildman–Crippen LogP) is -0.375. The summed E-state index contributed by atoms with van der Waals surface area (Å²) in [5, 5.41) is 2.82. The van der Waals surface area contributed by atoms with Crippen molar-refractivity contribution in [2.75, 3.05) is 32.6 Å². The molecule has 1 fully saturated rings. The number of carbonyl (C=O) groups excluding carboxylic acids is 1. The zero-order valence-corrected chi connectivity index (χ0v) is 11.3. The smallest absolute Gasteiger partial charge is 0.227 e. The highest BCUT2D eigenvalue weighted by atomic mass is 32.2. The molecule has 0 bridgehead atoms. The van der Waals surface area contributed by atoms with Crippen LogP contribution in [0.5, 0.6) is 0 Å². The Morgan fingerprint density at radius 1 is 1.53 bits per heavy atom. The summed E-state index contributed by atoms with van der Waals surface area (Å²) in [6, 6.07) is 0. The largest absolute Gasteiger partial charge is 0.381 e. The Kier molecular flexibility index (Phi) is 5.55. The Balaban J connectivity index is 2.52. The van der Waals surface area contributed by atoms with E-state index >= 15 is 0 Å². The molecule has 0 saturated carbocycles. The van der Waals surface area contributed by atoms with Gasteiger partial charge in [-0.1, -0.05) is 0 Å². The second-order valence-corrected chi connectivity index (χ2v) is 6.42. The highest BCUT2D eigenvalue weighted by Gasteiger charge is 2.38. The van der Waals surface area contributed by atoms with Gasteiger partial charge in [-0.3, -0.25) is 9.00 Å². The fraction of sp³-hybridized carbons (Fsp3) is 0.909. The van der Waals surface area contributed by atoms with Gasteiger partial charge in [0.15, 0.2) is 0 Å². The summed E-state index contributed by atoms with van der Waals surface area (Å²) >= 11 is 0. The van der Waals surface area contributed by atoms with E-state index in [0.29, 0.717) is 39.1 Å². The fourth-order valence-corrected chi connectivity index (χ4v) is 2.15. The van der Waals surface area contributed by atoms with Gasteiger partial charge in [-0.25, -0.2) is 0 Å².